The first-order valence-corrected chi connectivity index (χ1v) is 4.43. The van der Waals surface area contributed by atoms with Crippen molar-refractivity contribution in [3.05, 3.63) is 0 Å². The number of hydrogen-bond donors (Lipinski definition) is 2. The molecule has 14 heavy (non-hydrogen) atoms. The number of nitrogens with zero attached hydrogens (tertiary/aromatic N) is 1. The molecule has 6 nitrogen and oxygen atoms in total. The lowest BCUT2D eigenvalue weighted by Gasteiger charge is -2.34. The molecule has 0 spiro atoms. The molecular formula is C8H14N2O4. The lowest BCUT2D eigenvalue weighted by Crippen LogP contribution is -2.52. The Morgan fingerprint density at radius 3 is 2.93 bits per heavy atom. The van der Waals surface area contributed by atoms with Crippen LogP contribution < -0.4 is 5.32 Å². The monoisotopic (exact) mass is 202 g/mol. The first-order valence-electron chi connectivity index (χ1n) is 4.43. The van der Waals surface area contributed by atoms with Crippen molar-refractivity contribution in [2.24, 2.45) is 0 Å². The molecule has 0 aliphatic carbocycles. The molecule has 0 aromatic heterocycles. The fourth-order valence-corrected chi connectivity index (χ4v) is 1.44. The summed E-state index contributed by atoms with van der Waals surface area (Å²) in [7, 11) is 1.52. The molecule has 0 aromatic carbocycles. The Bertz CT molecular complexity index is 231. The van der Waals surface area contributed by atoms with Gasteiger partial charge in [-0.3, -0.25) is 4.79 Å². The maximum absolute atomic E-state index is 11.3. The Hall–Kier alpha value is -1.30. The number of carbonyl (C=O) groups excluding carboxylic acids is 1. The number of carboxylic acids is 1. The predicted molar refractivity (Wildman–Crippen MR) is 48.0 cm³/mol. The Kier molecular flexibility index (Phi) is 3.70. The maximum Gasteiger partial charge on any atom is 0.317 e. The average Bonchev–Trinajstić information content (AvgIpc) is 2.16. The quantitative estimate of drug-likeness (QED) is 0.632. The number of carboxylic acid groups (broad SMARTS) is 1. The Labute approximate surface area is 81.8 Å². The highest BCUT2D eigenvalue weighted by Gasteiger charge is 2.28. The summed E-state index contributed by atoms with van der Waals surface area (Å²) >= 11 is 0. The second kappa shape index (κ2) is 4.80. The van der Waals surface area contributed by atoms with Crippen LogP contribution in [-0.4, -0.2) is 54.9 Å². The van der Waals surface area contributed by atoms with Gasteiger partial charge in [-0.1, -0.05) is 0 Å². The van der Waals surface area contributed by atoms with Crippen LogP contribution in [0.2, 0.25) is 0 Å². The van der Waals surface area contributed by atoms with E-state index in [-0.39, 0.29) is 18.5 Å². The fourth-order valence-electron chi connectivity index (χ4n) is 1.44. The minimum absolute atomic E-state index is 0.0760. The summed E-state index contributed by atoms with van der Waals surface area (Å²) in [6.45, 7) is 1.20. The zero-order chi connectivity index (χ0) is 10.6. The number of amides is 2. The van der Waals surface area contributed by atoms with E-state index in [1.165, 1.54) is 11.9 Å². The van der Waals surface area contributed by atoms with E-state index in [0.717, 1.165) is 0 Å². The summed E-state index contributed by atoms with van der Waals surface area (Å²) in [5.41, 5.74) is 0. The second-order valence-electron chi connectivity index (χ2n) is 3.08. The number of carbonyl (C=O) groups is 2. The van der Waals surface area contributed by atoms with E-state index >= 15 is 0 Å². The van der Waals surface area contributed by atoms with E-state index in [1.807, 2.05) is 0 Å². The van der Waals surface area contributed by atoms with Crippen molar-refractivity contribution in [2.45, 2.75) is 12.5 Å². The van der Waals surface area contributed by atoms with Gasteiger partial charge < -0.3 is 20.1 Å². The molecule has 0 aromatic rings. The molecule has 1 aliphatic rings. The first-order chi connectivity index (χ1) is 6.65. The van der Waals surface area contributed by atoms with Crippen molar-refractivity contribution >= 4 is 12.0 Å². The minimum atomic E-state index is -0.922. The molecule has 1 heterocycles. The van der Waals surface area contributed by atoms with Crippen LogP contribution in [0, 0.1) is 0 Å². The smallest absolute Gasteiger partial charge is 0.317 e. The minimum Gasteiger partial charge on any atom is -0.481 e. The molecule has 2 amide bonds. The number of nitrogens with one attached hydrogen (secondary N) is 1. The summed E-state index contributed by atoms with van der Waals surface area (Å²) in [4.78, 5) is 23.3. The molecule has 2 N–H and O–H groups in total. The van der Waals surface area contributed by atoms with E-state index in [9.17, 15) is 9.59 Å². The van der Waals surface area contributed by atoms with Gasteiger partial charge in [-0.15, -0.1) is 0 Å². The molecule has 1 saturated heterocycles. The molecule has 1 atom stereocenters. The Morgan fingerprint density at radius 2 is 2.36 bits per heavy atom. The summed E-state index contributed by atoms with van der Waals surface area (Å²) in [6.07, 6.45) is -0.0760. The summed E-state index contributed by atoms with van der Waals surface area (Å²) in [5.74, 6) is -0.922. The van der Waals surface area contributed by atoms with Gasteiger partial charge in [-0.25, -0.2) is 4.79 Å². The second-order valence-corrected chi connectivity index (χ2v) is 3.08. The van der Waals surface area contributed by atoms with Crippen LogP contribution in [0.15, 0.2) is 0 Å². The van der Waals surface area contributed by atoms with Crippen LogP contribution in [0.5, 0.6) is 0 Å². The molecule has 1 rings (SSSR count). The maximum atomic E-state index is 11.3. The van der Waals surface area contributed by atoms with Crippen LogP contribution in [0.3, 0.4) is 0 Å². The third-order valence-corrected chi connectivity index (χ3v) is 2.11. The van der Waals surface area contributed by atoms with Gasteiger partial charge >= 0.3 is 12.0 Å². The third-order valence-electron chi connectivity index (χ3n) is 2.11. The average molecular weight is 202 g/mol. The topological polar surface area (TPSA) is 78.9 Å². The first kappa shape index (κ1) is 10.8. The van der Waals surface area contributed by atoms with Crippen molar-refractivity contribution in [2.75, 3.05) is 26.8 Å². The molecule has 0 bridgehead atoms. The molecule has 1 unspecified atom stereocenters. The van der Waals surface area contributed by atoms with Gasteiger partial charge in [0.25, 0.3) is 0 Å². The van der Waals surface area contributed by atoms with Crippen molar-refractivity contribution in [1.29, 1.82) is 0 Å². The SMILES string of the molecule is CNC(=O)N1CCOCC1CC(=O)O. The normalized spacial score (nSPS) is 21.8. The number of ether oxygens (including phenoxy) is 1. The largest absolute Gasteiger partial charge is 0.481 e. The van der Waals surface area contributed by atoms with Crippen LogP contribution >= 0.6 is 0 Å². The number of aliphatic carboxylic acids is 1. The lowest BCUT2D eigenvalue weighted by molar-refractivity contribution is -0.139. The van der Waals surface area contributed by atoms with Crippen molar-refractivity contribution in [3.8, 4) is 0 Å². The number of hydrogen-bond acceptors (Lipinski definition) is 3. The van der Waals surface area contributed by atoms with E-state index in [2.05, 4.69) is 5.32 Å². The Balaban J connectivity index is 2.58. The van der Waals surface area contributed by atoms with Gasteiger partial charge in [0, 0.05) is 13.6 Å². The van der Waals surface area contributed by atoms with Gasteiger partial charge in [0.1, 0.15) is 0 Å². The number of rotatable bonds is 2. The summed E-state index contributed by atoms with van der Waals surface area (Å²) in [5, 5.41) is 11.1. The lowest BCUT2D eigenvalue weighted by atomic mass is 10.1. The van der Waals surface area contributed by atoms with Crippen molar-refractivity contribution in [3.63, 3.8) is 0 Å². The standard InChI is InChI=1S/C8H14N2O4/c1-9-8(13)10-2-3-14-5-6(10)4-7(11)12/h6H,2-5H2,1H3,(H,9,13)(H,11,12). The summed E-state index contributed by atoms with van der Waals surface area (Å²) in [6, 6.07) is -0.610. The van der Waals surface area contributed by atoms with Gasteiger partial charge in [0.2, 0.25) is 0 Å². The molecule has 1 fully saturated rings. The molecule has 80 valence electrons. The molecular weight excluding hydrogens is 188 g/mol. The highest BCUT2D eigenvalue weighted by atomic mass is 16.5. The highest BCUT2D eigenvalue weighted by molar-refractivity contribution is 5.75. The Morgan fingerprint density at radius 1 is 1.64 bits per heavy atom. The molecule has 0 saturated carbocycles. The number of urea groups is 1. The predicted octanol–water partition coefficient (Wildman–Crippen LogP) is -0.499. The van der Waals surface area contributed by atoms with Crippen molar-refractivity contribution in [1.82, 2.24) is 10.2 Å². The van der Waals surface area contributed by atoms with E-state index in [4.69, 9.17) is 9.84 Å². The van der Waals surface area contributed by atoms with Gasteiger partial charge in [0.15, 0.2) is 0 Å². The third kappa shape index (κ3) is 2.59. The fraction of sp³-hybridized carbons (Fsp3) is 0.750. The molecule has 6 heteroatoms. The van der Waals surface area contributed by atoms with E-state index in [0.29, 0.717) is 19.8 Å². The zero-order valence-corrected chi connectivity index (χ0v) is 8.02. The summed E-state index contributed by atoms with van der Waals surface area (Å²) < 4.78 is 5.12. The number of morpholine rings is 1. The highest BCUT2D eigenvalue weighted by Crippen LogP contribution is 2.10. The van der Waals surface area contributed by atoms with Crippen LogP contribution in [-0.2, 0) is 9.53 Å². The molecule has 0 radical (unpaired) electrons. The van der Waals surface area contributed by atoms with Gasteiger partial charge in [-0.2, -0.15) is 0 Å². The van der Waals surface area contributed by atoms with Crippen LogP contribution in [0.1, 0.15) is 6.42 Å². The van der Waals surface area contributed by atoms with Gasteiger partial charge in [0.05, 0.1) is 25.7 Å². The zero-order valence-electron chi connectivity index (χ0n) is 8.02. The van der Waals surface area contributed by atoms with Crippen LogP contribution in [0.4, 0.5) is 4.79 Å². The molecule has 1 aliphatic heterocycles. The van der Waals surface area contributed by atoms with Gasteiger partial charge in [-0.05, 0) is 0 Å². The van der Waals surface area contributed by atoms with E-state index in [1.54, 1.807) is 0 Å². The van der Waals surface area contributed by atoms with Crippen LogP contribution in [0.25, 0.3) is 0 Å². The van der Waals surface area contributed by atoms with Crippen molar-refractivity contribution < 1.29 is 19.4 Å². The van der Waals surface area contributed by atoms with E-state index < -0.39 is 5.97 Å².